The molecule has 2 amide bonds. The zero-order valence-corrected chi connectivity index (χ0v) is 17.2. The normalized spacial score (nSPS) is 18.2. The third kappa shape index (κ3) is 6.38. The lowest BCUT2D eigenvalue weighted by molar-refractivity contribution is -0.128. The van der Waals surface area contributed by atoms with E-state index in [-0.39, 0.29) is 24.3 Å². The molecule has 0 radical (unpaired) electrons. The van der Waals surface area contributed by atoms with Crippen molar-refractivity contribution in [2.75, 3.05) is 50.7 Å². The van der Waals surface area contributed by atoms with Crippen LogP contribution < -0.4 is 15.5 Å². The highest BCUT2D eigenvalue weighted by molar-refractivity contribution is 6.30. The molecule has 6 nitrogen and oxygen atoms in total. The number of piperazine rings is 1. The molecular weight excluding hydrogens is 376 g/mol. The molecule has 0 aromatic heterocycles. The van der Waals surface area contributed by atoms with Gasteiger partial charge in [0.05, 0.1) is 6.54 Å². The van der Waals surface area contributed by atoms with Gasteiger partial charge < -0.3 is 15.5 Å². The largest absolute Gasteiger partial charge is 0.369 e. The van der Waals surface area contributed by atoms with E-state index < -0.39 is 0 Å². The Balaban J connectivity index is 1.25. The van der Waals surface area contributed by atoms with Crippen molar-refractivity contribution in [2.24, 2.45) is 5.92 Å². The quantitative estimate of drug-likeness (QED) is 0.650. The number of halogens is 1. The Labute approximate surface area is 172 Å². The molecule has 2 aliphatic rings. The second kappa shape index (κ2) is 10.7. The first-order chi connectivity index (χ1) is 13.6. The molecule has 3 rings (SSSR count). The van der Waals surface area contributed by atoms with Gasteiger partial charge in [-0.05, 0) is 44.0 Å². The van der Waals surface area contributed by atoms with Crippen LogP contribution in [0.15, 0.2) is 24.3 Å². The SMILES string of the molecule is O=C(CNC(=O)C1CCCC1)NCCCN1CCN(c2cccc(Cl)c2)CC1. The first kappa shape index (κ1) is 20.9. The maximum absolute atomic E-state index is 11.9. The highest BCUT2D eigenvalue weighted by Crippen LogP contribution is 2.24. The van der Waals surface area contributed by atoms with Gasteiger partial charge in [0.25, 0.3) is 0 Å². The fourth-order valence-corrected chi connectivity index (χ4v) is 4.18. The highest BCUT2D eigenvalue weighted by atomic mass is 35.5. The maximum atomic E-state index is 11.9. The predicted molar refractivity (Wildman–Crippen MR) is 113 cm³/mol. The number of benzene rings is 1. The van der Waals surface area contributed by atoms with Gasteiger partial charge in [0, 0.05) is 49.4 Å². The highest BCUT2D eigenvalue weighted by Gasteiger charge is 2.22. The van der Waals surface area contributed by atoms with Crippen molar-refractivity contribution in [3.63, 3.8) is 0 Å². The number of nitrogens with zero attached hydrogens (tertiary/aromatic N) is 2. The van der Waals surface area contributed by atoms with Crippen LogP contribution in [0.2, 0.25) is 5.02 Å². The first-order valence-electron chi connectivity index (χ1n) is 10.4. The van der Waals surface area contributed by atoms with E-state index in [1.807, 2.05) is 18.2 Å². The summed E-state index contributed by atoms with van der Waals surface area (Å²) in [6.45, 7) is 5.70. The Bertz CT molecular complexity index is 656. The van der Waals surface area contributed by atoms with Crippen LogP contribution >= 0.6 is 11.6 Å². The average molecular weight is 407 g/mol. The fourth-order valence-electron chi connectivity index (χ4n) is 4.00. The van der Waals surface area contributed by atoms with E-state index in [4.69, 9.17) is 11.6 Å². The smallest absolute Gasteiger partial charge is 0.239 e. The Morgan fingerprint density at radius 2 is 1.82 bits per heavy atom. The zero-order chi connectivity index (χ0) is 19.8. The van der Waals surface area contributed by atoms with E-state index in [1.54, 1.807) is 0 Å². The standard InChI is InChI=1S/C21H31ClN4O2/c22-18-7-3-8-19(15-18)26-13-11-25(12-14-26)10-4-9-23-20(27)16-24-21(28)17-5-1-2-6-17/h3,7-8,15,17H,1-2,4-6,9-14,16H2,(H,23,27)(H,24,28). The van der Waals surface area contributed by atoms with Crippen LogP contribution in [0.4, 0.5) is 5.69 Å². The second-order valence-corrected chi connectivity index (χ2v) is 8.15. The van der Waals surface area contributed by atoms with Crippen LogP contribution in [0.25, 0.3) is 0 Å². The van der Waals surface area contributed by atoms with Crippen LogP contribution in [0.3, 0.4) is 0 Å². The average Bonchev–Trinajstić information content (AvgIpc) is 3.25. The maximum Gasteiger partial charge on any atom is 0.239 e. The molecule has 0 spiro atoms. The minimum absolute atomic E-state index is 0.0326. The van der Waals surface area contributed by atoms with Gasteiger partial charge in [-0.3, -0.25) is 14.5 Å². The molecule has 28 heavy (non-hydrogen) atoms. The van der Waals surface area contributed by atoms with Crippen molar-refractivity contribution in [3.05, 3.63) is 29.3 Å². The van der Waals surface area contributed by atoms with Crippen molar-refractivity contribution in [1.29, 1.82) is 0 Å². The fraction of sp³-hybridized carbons (Fsp3) is 0.619. The van der Waals surface area contributed by atoms with Gasteiger partial charge in [0.15, 0.2) is 0 Å². The zero-order valence-electron chi connectivity index (χ0n) is 16.5. The Kier molecular flexibility index (Phi) is 7.98. The third-order valence-electron chi connectivity index (χ3n) is 5.67. The van der Waals surface area contributed by atoms with E-state index in [9.17, 15) is 9.59 Å². The number of carbonyl (C=O) groups excluding carboxylic acids is 2. The molecule has 1 aliphatic heterocycles. The second-order valence-electron chi connectivity index (χ2n) is 7.71. The number of carbonyl (C=O) groups is 2. The van der Waals surface area contributed by atoms with Gasteiger partial charge in [0.2, 0.25) is 11.8 Å². The molecule has 0 atom stereocenters. The summed E-state index contributed by atoms with van der Waals surface area (Å²) < 4.78 is 0. The molecule has 0 bridgehead atoms. The molecule has 2 N–H and O–H groups in total. The van der Waals surface area contributed by atoms with Crippen LogP contribution in [-0.4, -0.2) is 62.5 Å². The van der Waals surface area contributed by atoms with E-state index in [0.29, 0.717) is 6.54 Å². The first-order valence-corrected chi connectivity index (χ1v) is 10.8. The van der Waals surface area contributed by atoms with Crippen molar-refractivity contribution < 1.29 is 9.59 Å². The van der Waals surface area contributed by atoms with Crippen molar-refractivity contribution in [2.45, 2.75) is 32.1 Å². The van der Waals surface area contributed by atoms with Crippen LogP contribution in [-0.2, 0) is 9.59 Å². The van der Waals surface area contributed by atoms with Gasteiger partial charge in [0.1, 0.15) is 0 Å². The molecule has 1 aliphatic carbocycles. The Morgan fingerprint density at radius 1 is 1.07 bits per heavy atom. The number of amides is 2. The minimum Gasteiger partial charge on any atom is -0.369 e. The Hall–Kier alpha value is -1.79. The molecule has 1 aromatic carbocycles. The number of anilines is 1. The summed E-state index contributed by atoms with van der Waals surface area (Å²) in [5.74, 6) is 0.0423. The number of hydrogen-bond acceptors (Lipinski definition) is 4. The lowest BCUT2D eigenvalue weighted by Crippen LogP contribution is -2.47. The minimum atomic E-state index is -0.0999. The summed E-state index contributed by atoms with van der Waals surface area (Å²) in [4.78, 5) is 28.6. The molecule has 0 unspecified atom stereocenters. The Morgan fingerprint density at radius 3 is 2.54 bits per heavy atom. The van der Waals surface area contributed by atoms with Crippen molar-refractivity contribution in [3.8, 4) is 0 Å². The van der Waals surface area contributed by atoms with Crippen LogP contribution in [0.5, 0.6) is 0 Å². The molecule has 154 valence electrons. The molecule has 1 saturated heterocycles. The van der Waals surface area contributed by atoms with E-state index in [0.717, 1.165) is 69.9 Å². The van der Waals surface area contributed by atoms with E-state index >= 15 is 0 Å². The topological polar surface area (TPSA) is 64.7 Å². The summed E-state index contributed by atoms with van der Waals surface area (Å²) in [5, 5.41) is 6.44. The van der Waals surface area contributed by atoms with Gasteiger partial charge in [-0.25, -0.2) is 0 Å². The molecule has 1 heterocycles. The molecular formula is C21H31ClN4O2. The molecule has 2 fully saturated rings. The molecule has 1 saturated carbocycles. The van der Waals surface area contributed by atoms with Crippen molar-refractivity contribution >= 4 is 29.1 Å². The predicted octanol–water partition coefficient (Wildman–Crippen LogP) is 2.27. The number of hydrogen-bond donors (Lipinski definition) is 2. The molecule has 7 heteroatoms. The van der Waals surface area contributed by atoms with E-state index in [1.165, 1.54) is 5.69 Å². The summed E-state index contributed by atoms with van der Waals surface area (Å²) in [5.41, 5.74) is 1.18. The molecule has 1 aromatic rings. The third-order valence-corrected chi connectivity index (χ3v) is 5.90. The number of nitrogens with one attached hydrogen (secondary N) is 2. The van der Waals surface area contributed by atoms with Gasteiger partial charge in [-0.15, -0.1) is 0 Å². The summed E-state index contributed by atoms with van der Waals surface area (Å²) in [6.07, 6.45) is 5.07. The van der Waals surface area contributed by atoms with E-state index in [2.05, 4.69) is 26.5 Å². The van der Waals surface area contributed by atoms with Gasteiger partial charge in [-0.1, -0.05) is 30.5 Å². The van der Waals surface area contributed by atoms with Crippen LogP contribution in [0, 0.1) is 5.92 Å². The lowest BCUT2D eigenvalue weighted by Gasteiger charge is -2.36. The number of rotatable bonds is 8. The monoisotopic (exact) mass is 406 g/mol. The van der Waals surface area contributed by atoms with Gasteiger partial charge >= 0.3 is 0 Å². The van der Waals surface area contributed by atoms with Crippen molar-refractivity contribution in [1.82, 2.24) is 15.5 Å². The lowest BCUT2D eigenvalue weighted by atomic mass is 10.1. The van der Waals surface area contributed by atoms with Crippen LogP contribution in [0.1, 0.15) is 32.1 Å². The summed E-state index contributed by atoms with van der Waals surface area (Å²) in [7, 11) is 0. The summed E-state index contributed by atoms with van der Waals surface area (Å²) in [6, 6.07) is 8.00. The summed E-state index contributed by atoms with van der Waals surface area (Å²) >= 11 is 6.08. The van der Waals surface area contributed by atoms with Gasteiger partial charge in [-0.2, -0.15) is 0 Å².